The van der Waals surface area contributed by atoms with Crippen LogP contribution in [0.4, 0.5) is 5.82 Å². The lowest BCUT2D eigenvalue weighted by molar-refractivity contribution is 0.867. The third kappa shape index (κ3) is 4.09. The third-order valence-electron chi connectivity index (χ3n) is 4.56. The number of aromatic nitrogens is 2. The molecule has 0 saturated carbocycles. The van der Waals surface area contributed by atoms with Crippen LogP contribution in [0.3, 0.4) is 0 Å². The van der Waals surface area contributed by atoms with E-state index >= 15 is 0 Å². The molecular formula is C23H20ClN3. The minimum absolute atomic E-state index is 0.129. The van der Waals surface area contributed by atoms with Crippen LogP contribution in [0, 0.1) is 0 Å². The number of rotatable bonds is 5. The third-order valence-corrected chi connectivity index (χ3v) is 4.80. The molecule has 4 aromatic rings. The van der Waals surface area contributed by atoms with Gasteiger partial charge in [0.2, 0.25) is 0 Å². The Labute approximate surface area is 164 Å². The van der Waals surface area contributed by atoms with Crippen LogP contribution in [0.5, 0.6) is 0 Å². The maximum atomic E-state index is 6.20. The van der Waals surface area contributed by atoms with Gasteiger partial charge in [-0.3, -0.25) is 0 Å². The number of hydrogen-bond donors (Lipinski definition) is 1. The summed E-state index contributed by atoms with van der Waals surface area (Å²) in [5.74, 6) is 1.61. The quantitative estimate of drug-likeness (QED) is 0.463. The van der Waals surface area contributed by atoms with Gasteiger partial charge in [-0.05, 0) is 36.2 Å². The molecule has 0 aliphatic heterocycles. The summed E-state index contributed by atoms with van der Waals surface area (Å²) in [6.45, 7) is 2.13. The van der Waals surface area contributed by atoms with Crippen LogP contribution in [-0.4, -0.2) is 9.97 Å². The van der Waals surface area contributed by atoms with E-state index in [1.807, 2.05) is 54.6 Å². The fourth-order valence-electron chi connectivity index (χ4n) is 3.15. The fourth-order valence-corrected chi connectivity index (χ4v) is 3.31. The number of nitrogens with zero attached hydrogens (tertiary/aromatic N) is 2. The van der Waals surface area contributed by atoms with Crippen molar-refractivity contribution < 1.29 is 0 Å². The van der Waals surface area contributed by atoms with Gasteiger partial charge in [-0.2, -0.15) is 0 Å². The van der Waals surface area contributed by atoms with Gasteiger partial charge in [0.25, 0.3) is 0 Å². The first-order chi connectivity index (χ1) is 13.2. The molecule has 0 fully saturated rings. The van der Waals surface area contributed by atoms with Crippen LogP contribution >= 0.6 is 11.6 Å². The molecule has 0 radical (unpaired) electrons. The Morgan fingerprint density at radius 2 is 1.59 bits per heavy atom. The van der Waals surface area contributed by atoms with Gasteiger partial charge in [-0.1, -0.05) is 72.3 Å². The lowest BCUT2D eigenvalue weighted by Gasteiger charge is -2.17. The molecule has 1 aromatic heterocycles. The number of benzene rings is 3. The summed E-state index contributed by atoms with van der Waals surface area (Å²) >= 11 is 6.20. The molecule has 1 heterocycles. The largest absolute Gasteiger partial charge is 0.363 e. The molecule has 27 heavy (non-hydrogen) atoms. The Morgan fingerprint density at radius 3 is 2.33 bits per heavy atom. The maximum Gasteiger partial charge on any atom is 0.138 e. The van der Waals surface area contributed by atoms with Gasteiger partial charge in [0.1, 0.15) is 11.6 Å². The minimum Gasteiger partial charge on any atom is -0.363 e. The van der Waals surface area contributed by atoms with Crippen LogP contribution in [0.1, 0.15) is 29.9 Å². The van der Waals surface area contributed by atoms with Gasteiger partial charge in [-0.15, -0.1) is 0 Å². The van der Waals surface area contributed by atoms with Gasteiger partial charge in [0.15, 0.2) is 0 Å². The molecule has 0 saturated heterocycles. The first-order valence-corrected chi connectivity index (χ1v) is 9.38. The second-order valence-corrected chi connectivity index (χ2v) is 7.03. The van der Waals surface area contributed by atoms with Crippen molar-refractivity contribution in [1.82, 2.24) is 9.97 Å². The highest BCUT2D eigenvalue weighted by Crippen LogP contribution is 2.27. The van der Waals surface area contributed by atoms with Gasteiger partial charge >= 0.3 is 0 Å². The normalized spacial score (nSPS) is 12.1. The van der Waals surface area contributed by atoms with Crippen molar-refractivity contribution in [3.63, 3.8) is 0 Å². The minimum atomic E-state index is 0.129. The standard InChI is InChI=1S/C23H20ClN3/c1-16(18-10-6-3-7-11-18)25-23-20-13-12-19(24)15-21(20)26-22(27-23)14-17-8-4-2-5-9-17/h2-13,15-16H,14H2,1H3,(H,25,26,27)/t16-/m1/s1. The molecule has 1 N–H and O–H groups in total. The lowest BCUT2D eigenvalue weighted by atomic mass is 10.1. The molecule has 0 bridgehead atoms. The van der Waals surface area contributed by atoms with E-state index in [0.29, 0.717) is 11.4 Å². The summed E-state index contributed by atoms with van der Waals surface area (Å²) < 4.78 is 0. The van der Waals surface area contributed by atoms with E-state index < -0.39 is 0 Å². The second kappa shape index (κ2) is 7.77. The van der Waals surface area contributed by atoms with Crippen molar-refractivity contribution in [3.05, 3.63) is 101 Å². The SMILES string of the molecule is C[C@@H](Nc1nc(Cc2ccccc2)nc2cc(Cl)ccc12)c1ccccc1. The van der Waals surface area contributed by atoms with E-state index in [1.54, 1.807) is 0 Å². The summed E-state index contributed by atoms with van der Waals surface area (Å²) in [6.07, 6.45) is 0.678. The Hall–Kier alpha value is -2.91. The molecule has 0 aliphatic rings. The smallest absolute Gasteiger partial charge is 0.138 e. The molecular weight excluding hydrogens is 354 g/mol. The molecule has 4 heteroatoms. The van der Waals surface area contributed by atoms with E-state index in [0.717, 1.165) is 22.5 Å². The summed E-state index contributed by atoms with van der Waals surface area (Å²) in [7, 11) is 0. The summed E-state index contributed by atoms with van der Waals surface area (Å²) in [4.78, 5) is 9.56. The van der Waals surface area contributed by atoms with E-state index in [2.05, 4.69) is 36.5 Å². The fraction of sp³-hybridized carbons (Fsp3) is 0.130. The molecule has 134 valence electrons. The second-order valence-electron chi connectivity index (χ2n) is 6.59. The van der Waals surface area contributed by atoms with Crippen molar-refractivity contribution in [2.45, 2.75) is 19.4 Å². The first kappa shape index (κ1) is 17.5. The lowest BCUT2D eigenvalue weighted by Crippen LogP contribution is -2.10. The number of fused-ring (bicyclic) bond motifs is 1. The van der Waals surface area contributed by atoms with Gasteiger partial charge in [0, 0.05) is 22.9 Å². The zero-order valence-electron chi connectivity index (χ0n) is 15.1. The number of anilines is 1. The molecule has 3 nitrogen and oxygen atoms in total. The number of nitrogens with one attached hydrogen (secondary N) is 1. The molecule has 3 aromatic carbocycles. The van der Waals surface area contributed by atoms with E-state index in [-0.39, 0.29) is 6.04 Å². The molecule has 4 rings (SSSR count). The van der Waals surface area contributed by atoms with Crippen LogP contribution in [0.25, 0.3) is 10.9 Å². The van der Waals surface area contributed by atoms with Crippen molar-refractivity contribution in [2.24, 2.45) is 0 Å². The van der Waals surface area contributed by atoms with Crippen molar-refractivity contribution in [3.8, 4) is 0 Å². The van der Waals surface area contributed by atoms with Crippen LogP contribution in [-0.2, 0) is 6.42 Å². The van der Waals surface area contributed by atoms with E-state index in [1.165, 1.54) is 11.1 Å². The van der Waals surface area contributed by atoms with Crippen molar-refractivity contribution in [1.29, 1.82) is 0 Å². The predicted octanol–water partition coefficient (Wildman–Crippen LogP) is 6.05. The zero-order chi connectivity index (χ0) is 18.6. The van der Waals surface area contributed by atoms with Gasteiger partial charge in [-0.25, -0.2) is 9.97 Å². The number of halogens is 1. The van der Waals surface area contributed by atoms with Crippen molar-refractivity contribution in [2.75, 3.05) is 5.32 Å². The predicted molar refractivity (Wildman–Crippen MR) is 112 cm³/mol. The molecule has 0 unspecified atom stereocenters. The molecule has 0 spiro atoms. The zero-order valence-corrected chi connectivity index (χ0v) is 15.8. The highest BCUT2D eigenvalue weighted by Gasteiger charge is 2.12. The van der Waals surface area contributed by atoms with Gasteiger partial charge < -0.3 is 5.32 Å². The van der Waals surface area contributed by atoms with Crippen LogP contribution in [0.2, 0.25) is 5.02 Å². The average Bonchev–Trinajstić information content (AvgIpc) is 2.69. The molecule has 1 atom stereocenters. The number of hydrogen-bond acceptors (Lipinski definition) is 3. The van der Waals surface area contributed by atoms with E-state index in [9.17, 15) is 0 Å². The summed E-state index contributed by atoms with van der Waals surface area (Å²) in [5, 5.41) is 5.20. The topological polar surface area (TPSA) is 37.8 Å². The average molecular weight is 374 g/mol. The molecule has 0 aliphatic carbocycles. The van der Waals surface area contributed by atoms with Gasteiger partial charge in [0.05, 0.1) is 5.52 Å². The Balaban J connectivity index is 1.73. The Bertz CT molecular complexity index is 1050. The summed E-state index contributed by atoms with van der Waals surface area (Å²) in [6, 6.07) is 26.5. The molecule has 0 amide bonds. The monoisotopic (exact) mass is 373 g/mol. The first-order valence-electron chi connectivity index (χ1n) is 9.00. The Morgan fingerprint density at radius 1 is 0.889 bits per heavy atom. The van der Waals surface area contributed by atoms with Crippen molar-refractivity contribution >= 4 is 28.3 Å². The highest BCUT2D eigenvalue weighted by atomic mass is 35.5. The highest BCUT2D eigenvalue weighted by molar-refractivity contribution is 6.31. The van der Waals surface area contributed by atoms with E-state index in [4.69, 9.17) is 21.6 Å². The van der Waals surface area contributed by atoms with Crippen LogP contribution < -0.4 is 5.32 Å². The Kier molecular flexibility index (Phi) is 5.03. The maximum absolute atomic E-state index is 6.20. The van der Waals surface area contributed by atoms with Crippen LogP contribution in [0.15, 0.2) is 78.9 Å². The summed E-state index contributed by atoms with van der Waals surface area (Å²) in [5.41, 5.74) is 3.25.